The van der Waals surface area contributed by atoms with Gasteiger partial charge in [0, 0.05) is 42.8 Å². The molecular formula is C17H19N3O3S2. The van der Waals surface area contributed by atoms with Gasteiger partial charge in [-0.2, -0.15) is 4.31 Å². The maximum absolute atomic E-state index is 12.6. The average Bonchev–Trinajstić information content (AvgIpc) is 2.62. The molecule has 2 aromatic rings. The Morgan fingerprint density at radius 3 is 2.28 bits per heavy atom. The smallest absolute Gasteiger partial charge is 0.253 e. The normalized spacial score (nSPS) is 16.0. The zero-order valence-corrected chi connectivity index (χ0v) is 15.5. The van der Waals surface area contributed by atoms with Crippen LogP contribution in [0.15, 0.2) is 58.6 Å². The van der Waals surface area contributed by atoms with Crippen LogP contribution in [0.25, 0.3) is 0 Å². The summed E-state index contributed by atoms with van der Waals surface area (Å²) in [6.07, 6.45) is 2.94. The Morgan fingerprint density at radius 1 is 1.04 bits per heavy atom. The molecule has 0 N–H and O–H groups in total. The van der Waals surface area contributed by atoms with Crippen molar-refractivity contribution in [1.82, 2.24) is 14.2 Å². The van der Waals surface area contributed by atoms with Gasteiger partial charge in [-0.1, -0.05) is 17.8 Å². The highest BCUT2D eigenvalue weighted by Crippen LogP contribution is 2.26. The quantitative estimate of drug-likeness (QED) is 0.814. The molecule has 3 rings (SSSR count). The monoisotopic (exact) mass is 377 g/mol. The maximum Gasteiger partial charge on any atom is 0.253 e. The number of carbonyl (C=O) groups excluding carboxylic acids is 1. The lowest BCUT2D eigenvalue weighted by Crippen LogP contribution is -2.50. The topological polar surface area (TPSA) is 70.6 Å². The van der Waals surface area contributed by atoms with Crippen molar-refractivity contribution in [2.24, 2.45) is 0 Å². The molecule has 6 nitrogen and oxygen atoms in total. The Morgan fingerprint density at radius 2 is 1.72 bits per heavy atom. The minimum atomic E-state index is -3.19. The van der Waals surface area contributed by atoms with Crippen LogP contribution in [0, 0.1) is 0 Å². The molecule has 0 unspecified atom stereocenters. The Labute approximate surface area is 151 Å². The molecule has 1 amide bonds. The van der Waals surface area contributed by atoms with Crippen LogP contribution in [0.1, 0.15) is 10.4 Å². The number of hydrogen-bond acceptors (Lipinski definition) is 5. The fraction of sp³-hybridized carbons (Fsp3) is 0.294. The highest BCUT2D eigenvalue weighted by Gasteiger charge is 2.26. The average molecular weight is 377 g/mol. The van der Waals surface area contributed by atoms with Crippen LogP contribution in [0.2, 0.25) is 0 Å². The summed E-state index contributed by atoms with van der Waals surface area (Å²) in [6, 6.07) is 13.1. The molecule has 1 aromatic heterocycles. The zero-order chi connectivity index (χ0) is 17.9. The van der Waals surface area contributed by atoms with E-state index >= 15 is 0 Å². The molecule has 0 aliphatic carbocycles. The van der Waals surface area contributed by atoms with Gasteiger partial charge in [-0.05, 0) is 36.4 Å². The third-order valence-corrected chi connectivity index (χ3v) is 6.22. The predicted molar refractivity (Wildman–Crippen MR) is 97.1 cm³/mol. The summed E-state index contributed by atoms with van der Waals surface area (Å²) in [5.41, 5.74) is 0.609. The summed E-state index contributed by atoms with van der Waals surface area (Å²) in [5.74, 6) is -0.0671. The second-order valence-electron chi connectivity index (χ2n) is 5.75. The van der Waals surface area contributed by atoms with E-state index in [1.807, 2.05) is 30.3 Å². The van der Waals surface area contributed by atoms with Crippen LogP contribution in [0.4, 0.5) is 0 Å². The van der Waals surface area contributed by atoms with E-state index in [1.54, 1.807) is 23.2 Å². The van der Waals surface area contributed by atoms with Crippen LogP contribution in [-0.4, -0.2) is 60.9 Å². The Hall–Kier alpha value is -1.90. The molecule has 0 atom stereocenters. The van der Waals surface area contributed by atoms with Crippen molar-refractivity contribution in [3.05, 3.63) is 54.2 Å². The van der Waals surface area contributed by atoms with Gasteiger partial charge in [0.2, 0.25) is 10.0 Å². The number of hydrogen-bond donors (Lipinski definition) is 0. The minimum Gasteiger partial charge on any atom is -0.336 e. The molecule has 132 valence electrons. The molecule has 25 heavy (non-hydrogen) atoms. The summed E-state index contributed by atoms with van der Waals surface area (Å²) in [4.78, 5) is 19.5. The lowest BCUT2D eigenvalue weighted by atomic mass is 10.2. The number of nitrogens with zero attached hydrogens (tertiary/aromatic N) is 3. The minimum absolute atomic E-state index is 0.0671. The van der Waals surface area contributed by atoms with Gasteiger partial charge in [-0.3, -0.25) is 4.79 Å². The number of amides is 1. The van der Waals surface area contributed by atoms with Gasteiger partial charge < -0.3 is 4.90 Å². The van der Waals surface area contributed by atoms with Crippen LogP contribution >= 0.6 is 11.8 Å². The first kappa shape index (κ1) is 17.9. The number of carbonyl (C=O) groups is 1. The fourth-order valence-electron chi connectivity index (χ4n) is 2.60. The van der Waals surface area contributed by atoms with Crippen LogP contribution in [-0.2, 0) is 10.0 Å². The molecule has 1 aliphatic rings. The van der Waals surface area contributed by atoms with E-state index in [9.17, 15) is 13.2 Å². The number of piperazine rings is 1. The summed E-state index contributed by atoms with van der Waals surface area (Å²) in [7, 11) is -3.19. The largest absolute Gasteiger partial charge is 0.336 e. The van der Waals surface area contributed by atoms with Crippen molar-refractivity contribution in [1.29, 1.82) is 0 Å². The lowest BCUT2D eigenvalue weighted by Gasteiger charge is -2.33. The summed E-state index contributed by atoms with van der Waals surface area (Å²) < 4.78 is 24.5. The number of benzene rings is 1. The molecule has 0 radical (unpaired) electrons. The van der Waals surface area contributed by atoms with Crippen molar-refractivity contribution in [3.8, 4) is 0 Å². The third kappa shape index (κ3) is 4.59. The van der Waals surface area contributed by atoms with Gasteiger partial charge in [-0.15, -0.1) is 0 Å². The number of sulfonamides is 1. The third-order valence-electron chi connectivity index (χ3n) is 3.96. The van der Waals surface area contributed by atoms with Crippen molar-refractivity contribution < 1.29 is 13.2 Å². The number of rotatable bonds is 4. The fourth-order valence-corrected chi connectivity index (χ4v) is 4.20. The van der Waals surface area contributed by atoms with Gasteiger partial charge in [0.05, 0.1) is 6.26 Å². The molecular weight excluding hydrogens is 358 g/mol. The maximum atomic E-state index is 12.6. The van der Waals surface area contributed by atoms with E-state index in [2.05, 4.69) is 4.98 Å². The first-order valence-electron chi connectivity index (χ1n) is 7.87. The van der Waals surface area contributed by atoms with Gasteiger partial charge in [0.15, 0.2) is 0 Å². The van der Waals surface area contributed by atoms with Gasteiger partial charge in [-0.25, -0.2) is 13.4 Å². The Kier molecular flexibility index (Phi) is 5.41. The molecule has 1 saturated heterocycles. The molecule has 0 spiro atoms. The highest BCUT2D eigenvalue weighted by atomic mass is 32.2. The van der Waals surface area contributed by atoms with Crippen LogP contribution in [0.3, 0.4) is 0 Å². The van der Waals surface area contributed by atoms with Crippen LogP contribution < -0.4 is 0 Å². The predicted octanol–water partition coefficient (Wildman–Crippen LogP) is 1.95. The summed E-state index contributed by atoms with van der Waals surface area (Å²) in [5, 5.41) is 0.901. The van der Waals surface area contributed by atoms with Crippen molar-refractivity contribution in [3.63, 3.8) is 0 Å². The molecule has 0 bridgehead atoms. The molecule has 0 saturated carbocycles. The summed E-state index contributed by atoms with van der Waals surface area (Å²) >= 11 is 1.54. The van der Waals surface area contributed by atoms with Crippen molar-refractivity contribution in [2.45, 2.75) is 9.92 Å². The van der Waals surface area contributed by atoms with Gasteiger partial charge in [0.25, 0.3) is 5.91 Å². The molecule has 8 heteroatoms. The molecule has 1 aromatic carbocycles. The van der Waals surface area contributed by atoms with Crippen LogP contribution in [0.5, 0.6) is 0 Å². The van der Waals surface area contributed by atoms with E-state index in [0.29, 0.717) is 31.7 Å². The first-order chi connectivity index (χ1) is 11.9. The number of aromatic nitrogens is 1. The van der Waals surface area contributed by atoms with Crippen molar-refractivity contribution in [2.75, 3.05) is 32.4 Å². The Balaban J connectivity index is 1.62. The number of pyridine rings is 1. The van der Waals surface area contributed by atoms with E-state index in [0.717, 1.165) is 9.92 Å². The lowest BCUT2D eigenvalue weighted by molar-refractivity contribution is 0.0698. The standard InChI is InChI=1S/C17H19N3O3S2/c1-25(22,23)20-12-10-19(11-13-20)17(21)14-5-7-15(8-6-14)24-16-4-2-3-9-18-16/h2-9H,10-13H2,1H3. The van der Waals surface area contributed by atoms with Gasteiger partial charge in [0.1, 0.15) is 5.03 Å². The molecule has 2 heterocycles. The van der Waals surface area contributed by atoms with E-state index in [1.165, 1.54) is 22.3 Å². The van der Waals surface area contributed by atoms with E-state index in [-0.39, 0.29) is 5.91 Å². The van der Waals surface area contributed by atoms with E-state index in [4.69, 9.17) is 0 Å². The second-order valence-corrected chi connectivity index (χ2v) is 8.82. The Bertz CT molecular complexity index is 831. The summed E-state index contributed by atoms with van der Waals surface area (Å²) in [6.45, 7) is 1.52. The highest BCUT2D eigenvalue weighted by molar-refractivity contribution is 7.99. The molecule has 1 fully saturated rings. The van der Waals surface area contributed by atoms with E-state index < -0.39 is 10.0 Å². The zero-order valence-electron chi connectivity index (χ0n) is 13.8. The van der Waals surface area contributed by atoms with Gasteiger partial charge >= 0.3 is 0 Å². The second kappa shape index (κ2) is 7.55. The van der Waals surface area contributed by atoms with Crippen molar-refractivity contribution >= 4 is 27.7 Å². The SMILES string of the molecule is CS(=O)(=O)N1CCN(C(=O)c2ccc(Sc3ccccn3)cc2)CC1. The molecule has 1 aliphatic heterocycles. The first-order valence-corrected chi connectivity index (χ1v) is 10.5.